The summed E-state index contributed by atoms with van der Waals surface area (Å²) >= 11 is 0. The van der Waals surface area contributed by atoms with E-state index in [1.54, 1.807) is 6.07 Å². The molecule has 1 saturated heterocycles. The number of carbonyl (C=O) groups is 1. The fourth-order valence-electron chi connectivity index (χ4n) is 2.78. The minimum absolute atomic E-state index is 0.249. The van der Waals surface area contributed by atoms with Crippen molar-refractivity contribution in [2.75, 3.05) is 37.7 Å². The van der Waals surface area contributed by atoms with Gasteiger partial charge < -0.3 is 19.7 Å². The standard InChI is InChI=1S/C19H24N4O3/c1-2-25-15-5-7-16(8-6-15)26-14-11-20-19(24)17-9-10-18(22-21-17)23-12-3-4-13-23/h5-10H,2-4,11-14H2,1H3,(H,20,24). The highest BCUT2D eigenvalue weighted by atomic mass is 16.5. The summed E-state index contributed by atoms with van der Waals surface area (Å²) in [6.07, 6.45) is 2.36. The molecule has 0 spiro atoms. The number of aromatic nitrogens is 2. The molecule has 0 unspecified atom stereocenters. The Kier molecular flexibility index (Phi) is 6.24. The maximum atomic E-state index is 12.1. The summed E-state index contributed by atoms with van der Waals surface area (Å²) in [4.78, 5) is 14.3. The summed E-state index contributed by atoms with van der Waals surface area (Å²) in [5, 5.41) is 11.0. The largest absolute Gasteiger partial charge is 0.494 e. The maximum absolute atomic E-state index is 12.1. The van der Waals surface area contributed by atoms with Crippen LogP contribution in [0.5, 0.6) is 11.5 Å². The predicted molar refractivity (Wildman–Crippen MR) is 98.9 cm³/mol. The van der Waals surface area contributed by atoms with Crippen molar-refractivity contribution in [1.29, 1.82) is 0 Å². The highest BCUT2D eigenvalue weighted by Gasteiger charge is 2.15. The molecular weight excluding hydrogens is 332 g/mol. The summed E-state index contributed by atoms with van der Waals surface area (Å²) in [7, 11) is 0. The van der Waals surface area contributed by atoms with Gasteiger partial charge in [-0.3, -0.25) is 4.79 Å². The Balaban J connectivity index is 1.40. The Labute approximate surface area is 153 Å². The van der Waals surface area contributed by atoms with Crippen molar-refractivity contribution in [3.8, 4) is 11.5 Å². The van der Waals surface area contributed by atoms with Gasteiger partial charge in [0.05, 0.1) is 13.2 Å². The van der Waals surface area contributed by atoms with E-state index in [-0.39, 0.29) is 5.91 Å². The second kappa shape index (κ2) is 9.03. The van der Waals surface area contributed by atoms with Gasteiger partial charge in [0.2, 0.25) is 0 Å². The average Bonchev–Trinajstić information content (AvgIpc) is 3.21. The molecule has 0 bridgehead atoms. The zero-order chi connectivity index (χ0) is 18.2. The number of anilines is 1. The maximum Gasteiger partial charge on any atom is 0.271 e. The molecule has 3 rings (SSSR count). The average molecular weight is 356 g/mol. The van der Waals surface area contributed by atoms with Crippen LogP contribution >= 0.6 is 0 Å². The predicted octanol–water partition coefficient (Wildman–Crippen LogP) is 2.28. The quantitative estimate of drug-likeness (QED) is 0.732. The van der Waals surface area contributed by atoms with Crippen molar-refractivity contribution < 1.29 is 14.3 Å². The molecule has 1 aliphatic heterocycles. The molecule has 1 aromatic carbocycles. The van der Waals surface area contributed by atoms with Gasteiger partial charge in [0.15, 0.2) is 11.5 Å². The van der Waals surface area contributed by atoms with Gasteiger partial charge in [-0.1, -0.05) is 0 Å². The first kappa shape index (κ1) is 18.0. The Hall–Kier alpha value is -2.83. The lowest BCUT2D eigenvalue weighted by molar-refractivity contribution is 0.0941. The van der Waals surface area contributed by atoms with Gasteiger partial charge in [-0.15, -0.1) is 10.2 Å². The van der Waals surface area contributed by atoms with Crippen LogP contribution in [0.3, 0.4) is 0 Å². The first-order valence-electron chi connectivity index (χ1n) is 8.99. The van der Waals surface area contributed by atoms with E-state index in [0.29, 0.717) is 25.5 Å². The topological polar surface area (TPSA) is 76.6 Å². The lowest BCUT2D eigenvalue weighted by Crippen LogP contribution is -2.29. The Morgan fingerprint density at radius 3 is 2.35 bits per heavy atom. The van der Waals surface area contributed by atoms with E-state index in [4.69, 9.17) is 9.47 Å². The molecule has 1 fully saturated rings. The van der Waals surface area contributed by atoms with Crippen LogP contribution in [0, 0.1) is 0 Å². The summed E-state index contributed by atoms with van der Waals surface area (Å²) in [5.74, 6) is 2.13. The molecule has 1 N–H and O–H groups in total. The van der Waals surface area contributed by atoms with Gasteiger partial charge in [0.25, 0.3) is 5.91 Å². The molecule has 0 aliphatic carbocycles. The van der Waals surface area contributed by atoms with Crippen molar-refractivity contribution >= 4 is 11.7 Å². The van der Waals surface area contributed by atoms with E-state index >= 15 is 0 Å². The minimum atomic E-state index is -0.249. The molecule has 2 aromatic rings. The van der Waals surface area contributed by atoms with Crippen LogP contribution in [0.1, 0.15) is 30.3 Å². The zero-order valence-electron chi connectivity index (χ0n) is 15.0. The van der Waals surface area contributed by atoms with E-state index in [2.05, 4.69) is 20.4 Å². The number of hydrogen-bond donors (Lipinski definition) is 1. The minimum Gasteiger partial charge on any atom is -0.494 e. The summed E-state index contributed by atoms with van der Waals surface area (Å²) in [6, 6.07) is 11.0. The van der Waals surface area contributed by atoms with E-state index < -0.39 is 0 Å². The Morgan fingerprint density at radius 2 is 1.73 bits per heavy atom. The van der Waals surface area contributed by atoms with Crippen LogP contribution in [-0.4, -0.2) is 49.0 Å². The zero-order valence-corrected chi connectivity index (χ0v) is 15.0. The van der Waals surface area contributed by atoms with Crippen LogP contribution in [0.15, 0.2) is 36.4 Å². The van der Waals surface area contributed by atoms with Crippen molar-refractivity contribution in [2.45, 2.75) is 19.8 Å². The molecule has 0 radical (unpaired) electrons. The van der Waals surface area contributed by atoms with Crippen LogP contribution in [0.4, 0.5) is 5.82 Å². The monoisotopic (exact) mass is 356 g/mol. The van der Waals surface area contributed by atoms with E-state index in [0.717, 1.165) is 30.4 Å². The molecule has 1 aromatic heterocycles. The van der Waals surface area contributed by atoms with E-state index in [9.17, 15) is 4.79 Å². The molecule has 1 amide bonds. The molecule has 0 saturated carbocycles. The van der Waals surface area contributed by atoms with Crippen molar-refractivity contribution in [3.05, 3.63) is 42.1 Å². The third kappa shape index (κ3) is 4.84. The third-order valence-electron chi connectivity index (χ3n) is 4.10. The van der Waals surface area contributed by atoms with Crippen LogP contribution in [0.2, 0.25) is 0 Å². The van der Waals surface area contributed by atoms with Gasteiger partial charge in [0, 0.05) is 13.1 Å². The number of nitrogens with one attached hydrogen (secondary N) is 1. The van der Waals surface area contributed by atoms with E-state index in [1.807, 2.05) is 37.3 Å². The van der Waals surface area contributed by atoms with Crippen LogP contribution < -0.4 is 19.7 Å². The third-order valence-corrected chi connectivity index (χ3v) is 4.10. The van der Waals surface area contributed by atoms with Crippen molar-refractivity contribution in [2.24, 2.45) is 0 Å². The lowest BCUT2D eigenvalue weighted by atomic mass is 10.3. The van der Waals surface area contributed by atoms with E-state index in [1.165, 1.54) is 12.8 Å². The summed E-state index contributed by atoms with van der Waals surface area (Å²) in [5.41, 5.74) is 0.314. The smallest absolute Gasteiger partial charge is 0.271 e. The number of ether oxygens (including phenoxy) is 2. The number of nitrogens with zero attached hydrogens (tertiary/aromatic N) is 3. The highest BCUT2D eigenvalue weighted by molar-refractivity contribution is 5.92. The van der Waals surface area contributed by atoms with Gasteiger partial charge in [-0.25, -0.2) is 0 Å². The molecule has 2 heterocycles. The molecule has 1 aliphatic rings. The summed E-state index contributed by atoms with van der Waals surface area (Å²) < 4.78 is 11.0. The second-order valence-electron chi connectivity index (χ2n) is 5.98. The van der Waals surface area contributed by atoms with Crippen LogP contribution in [0.25, 0.3) is 0 Å². The van der Waals surface area contributed by atoms with Gasteiger partial charge in [-0.05, 0) is 56.2 Å². The number of amides is 1. The highest BCUT2D eigenvalue weighted by Crippen LogP contribution is 2.18. The SMILES string of the molecule is CCOc1ccc(OCCNC(=O)c2ccc(N3CCCC3)nn2)cc1. The fourth-order valence-corrected chi connectivity index (χ4v) is 2.78. The molecule has 7 nitrogen and oxygen atoms in total. The van der Waals surface area contributed by atoms with Gasteiger partial charge >= 0.3 is 0 Å². The Morgan fingerprint density at radius 1 is 1.04 bits per heavy atom. The molecule has 138 valence electrons. The van der Waals surface area contributed by atoms with Crippen molar-refractivity contribution in [3.63, 3.8) is 0 Å². The van der Waals surface area contributed by atoms with Crippen LogP contribution in [-0.2, 0) is 0 Å². The molecule has 0 atom stereocenters. The molecule has 7 heteroatoms. The number of carbonyl (C=O) groups excluding carboxylic acids is 1. The van der Waals surface area contributed by atoms with Gasteiger partial charge in [0.1, 0.15) is 18.1 Å². The molecule has 26 heavy (non-hydrogen) atoms. The number of hydrogen-bond acceptors (Lipinski definition) is 6. The van der Waals surface area contributed by atoms with Crippen molar-refractivity contribution in [1.82, 2.24) is 15.5 Å². The Bertz CT molecular complexity index is 698. The number of benzene rings is 1. The normalized spacial score (nSPS) is 13.5. The summed E-state index contributed by atoms with van der Waals surface area (Å²) in [6.45, 7) is 5.35. The number of rotatable bonds is 8. The lowest BCUT2D eigenvalue weighted by Gasteiger charge is -2.15. The second-order valence-corrected chi connectivity index (χ2v) is 5.98. The first-order valence-corrected chi connectivity index (χ1v) is 8.99. The fraction of sp³-hybridized carbons (Fsp3) is 0.421. The molecular formula is C19H24N4O3. The van der Waals surface area contributed by atoms with Gasteiger partial charge in [-0.2, -0.15) is 0 Å². The first-order chi connectivity index (χ1) is 12.8.